The predicted octanol–water partition coefficient (Wildman–Crippen LogP) is 1.16. The Morgan fingerprint density at radius 2 is 2.00 bits per heavy atom. The molecule has 1 aliphatic carbocycles. The molecule has 0 heterocycles. The van der Waals surface area contributed by atoms with Gasteiger partial charge in [0.15, 0.2) is 0 Å². The molecular formula is C15H20N2O4. The molecule has 1 aliphatic rings. The van der Waals surface area contributed by atoms with Crippen LogP contribution in [0.25, 0.3) is 0 Å². The average Bonchev–Trinajstić information content (AvgIpc) is 2.42. The highest BCUT2D eigenvalue weighted by atomic mass is 16.5. The lowest BCUT2D eigenvalue weighted by Gasteiger charge is -2.34. The van der Waals surface area contributed by atoms with Crippen molar-refractivity contribution < 1.29 is 19.4 Å². The molecule has 0 saturated heterocycles. The van der Waals surface area contributed by atoms with Crippen LogP contribution in [0.3, 0.4) is 0 Å². The van der Waals surface area contributed by atoms with E-state index in [1.807, 2.05) is 30.3 Å². The maximum Gasteiger partial charge on any atom is 0.326 e. The molecule has 2 amide bonds. The summed E-state index contributed by atoms with van der Waals surface area (Å²) in [5, 5.41) is 14.5. The van der Waals surface area contributed by atoms with Crippen LogP contribution in [0, 0.1) is 0 Å². The number of urea groups is 1. The molecule has 1 fully saturated rings. The number of carbonyl (C=O) groups is 2. The minimum absolute atomic E-state index is 0.0566. The minimum atomic E-state index is -1.04. The molecule has 6 nitrogen and oxygen atoms in total. The lowest BCUT2D eigenvalue weighted by molar-refractivity contribution is -0.139. The summed E-state index contributed by atoms with van der Waals surface area (Å²) in [6, 6.07) is 7.89. The Labute approximate surface area is 123 Å². The number of nitrogens with one attached hydrogen (secondary N) is 2. The van der Waals surface area contributed by atoms with Gasteiger partial charge in [-0.2, -0.15) is 0 Å². The first kappa shape index (κ1) is 15.3. The Kier molecular flexibility index (Phi) is 5.16. The smallest absolute Gasteiger partial charge is 0.326 e. The van der Waals surface area contributed by atoms with Gasteiger partial charge in [0.2, 0.25) is 0 Å². The second kappa shape index (κ2) is 7.08. The number of carbonyl (C=O) groups excluding carboxylic acids is 1. The zero-order valence-electron chi connectivity index (χ0n) is 11.9. The number of rotatable bonds is 6. The van der Waals surface area contributed by atoms with Gasteiger partial charge >= 0.3 is 12.0 Å². The predicted molar refractivity (Wildman–Crippen MR) is 77.1 cm³/mol. The minimum Gasteiger partial charge on any atom is -0.480 e. The molecule has 0 bridgehead atoms. The van der Waals surface area contributed by atoms with Gasteiger partial charge in [-0.15, -0.1) is 0 Å². The summed E-state index contributed by atoms with van der Waals surface area (Å²) in [6.45, 7) is 0. The summed E-state index contributed by atoms with van der Waals surface area (Å²) in [5.74, 6) is -1.04. The first-order valence-electron chi connectivity index (χ1n) is 6.95. The maximum atomic E-state index is 11.8. The van der Waals surface area contributed by atoms with Gasteiger partial charge in [0.25, 0.3) is 0 Å². The molecule has 3 N–H and O–H groups in total. The molecule has 0 radical (unpaired) electrons. The van der Waals surface area contributed by atoms with Crippen LogP contribution >= 0.6 is 0 Å². The van der Waals surface area contributed by atoms with Crippen molar-refractivity contribution in [3.63, 3.8) is 0 Å². The van der Waals surface area contributed by atoms with Gasteiger partial charge in [-0.3, -0.25) is 0 Å². The van der Waals surface area contributed by atoms with E-state index in [-0.39, 0.29) is 18.6 Å². The number of ether oxygens (including phenoxy) is 1. The van der Waals surface area contributed by atoms with Gasteiger partial charge in [0, 0.05) is 19.6 Å². The number of methoxy groups -OCH3 is 1. The highest BCUT2D eigenvalue weighted by molar-refractivity contribution is 5.82. The van der Waals surface area contributed by atoms with Crippen molar-refractivity contribution in [2.75, 3.05) is 7.11 Å². The van der Waals surface area contributed by atoms with Crippen molar-refractivity contribution in [3.8, 4) is 0 Å². The molecule has 1 aromatic rings. The van der Waals surface area contributed by atoms with E-state index in [1.54, 1.807) is 7.11 Å². The van der Waals surface area contributed by atoms with Crippen LogP contribution in [0.2, 0.25) is 0 Å². The van der Waals surface area contributed by atoms with Crippen LogP contribution in [0.5, 0.6) is 0 Å². The third kappa shape index (κ3) is 4.46. The normalized spacial score (nSPS) is 22.0. The van der Waals surface area contributed by atoms with Gasteiger partial charge in [0.1, 0.15) is 6.04 Å². The molecule has 6 heteroatoms. The Balaban J connectivity index is 1.82. The topological polar surface area (TPSA) is 87.7 Å². The summed E-state index contributed by atoms with van der Waals surface area (Å²) in [4.78, 5) is 23.1. The molecule has 114 valence electrons. The second-order valence-electron chi connectivity index (χ2n) is 5.22. The quantitative estimate of drug-likeness (QED) is 0.734. The molecule has 0 aromatic heterocycles. The average molecular weight is 292 g/mol. The molecule has 2 rings (SSSR count). The van der Waals surface area contributed by atoms with Crippen molar-refractivity contribution in [2.24, 2.45) is 0 Å². The number of aliphatic carboxylic acids is 1. The Morgan fingerprint density at radius 1 is 1.33 bits per heavy atom. The Morgan fingerprint density at radius 3 is 2.57 bits per heavy atom. The van der Waals surface area contributed by atoms with Gasteiger partial charge in [-0.25, -0.2) is 9.59 Å². The summed E-state index contributed by atoms with van der Waals surface area (Å²) >= 11 is 0. The first-order valence-corrected chi connectivity index (χ1v) is 6.95. The summed E-state index contributed by atoms with van der Waals surface area (Å²) in [5.41, 5.74) is 0.869. The fourth-order valence-corrected chi connectivity index (χ4v) is 2.31. The van der Waals surface area contributed by atoms with Gasteiger partial charge in [-0.1, -0.05) is 30.3 Å². The zero-order valence-corrected chi connectivity index (χ0v) is 11.9. The Bertz CT molecular complexity index is 486. The fourth-order valence-electron chi connectivity index (χ4n) is 2.31. The van der Waals surface area contributed by atoms with Crippen molar-refractivity contribution >= 4 is 12.0 Å². The van der Waals surface area contributed by atoms with Crippen molar-refractivity contribution in [1.82, 2.24) is 10.6 Å². The summed E-state index contributed by atoms with van der Waals surface area (Å²) in [7, 11) is 1.64. The molecule has 0 spiro atoms. The number of hydrogen-bond acceptors (Lipinski definition) is 3. The molecule has 0 aliphatic heterocycles. The highest BCUT2D eigenvalue weighted by Crippen LogP contribution is 2.22. The second-order valence-corrected chi connectivity index (χ2v) is 5.22. The van der Waals surface area contributed by atoms with E-state index >= 15 is 0 Å². The van der Waals surface area contributed by atoms with Crippen molar-refractivity contribution in [1.29, 1.82) is 0 Å². The van der Waals surface area contributed by atoms with Crippen LogP contribution in [0.4, 0.5) is 4.79 Å². The lowest BCUT2D eigenvalue weighted by atomic mass is 9.89. The molecule has 1 saturated carbocycles. The van der Waals surface area contributed by atoms with Crippen LogP contribution < -0.4 is 10.6 Å². The van der Waals surface area contributed by atoms with E-state index in [0.717, 1.165) is 18.4 Å². The lowest BCUT2D eigenvalue weighted by Crippen LogP contribution is -2.54. The standard InChI is InChI=1S/C15H20N2O4/c1-21-12-8-11(9-12)16-15(20)17-13(14(18)19)7-10-5-3-2-4-6-10/h2-6,11-13H,7-9H2,1H3,(H,18,19)(H2,16,17,20). The summed E-state index contributed by atoms with van der Waals surface area (Å²) < 4.78 is 5.13. The zero-order chi connectivity index (χ0) is 15.2. The maximum absolute atomic E-state index is 11.8. The third-order valence-corrected chi connectivity index (χ3v) is 3.65. The third-order valence-electron chi connectivity index (χ3n) is 3.65. The van der Waals surface area contributed by atoms with Gasteiger partial charge in [0.05, 0.1) is 6.10 Å². The fraction of sp³-hybridized carbons (Fsp3) is 0.467. The van der Waals surface area contributed by atoms with E-state index in [0.29, 0.717) is 0 Å². The van der Waals surface area contributed by atoms with Crippen LogP contribution in [0.1, 0.15) is 18.4 Å². The highest BCUT2D eigenvalue weighted by Gasteiger charge is 2.31. The molecular weight excluding hydrogens is 272 g/mol. The van der Waals surface area contributed by atoms with Gasteiger partial charge < -0.3 is 20.5 Å². The van der Waals surface area contributed by atoms with Crippen LogP contribution in [-0.2, 0) is 16.0 Å². The van der Waals surface area contributed by atoms with Crippen molar-refractivity contribution in [2.45, 2.75) is 37.5 Å². The van der Waals surface area contributed by atoms with E-state index < -0.39 is 18.0 Å². The number of carboxylic acid groups (broad SMARTS) is 1. The molecule has 1 atom stereocenters. The SMILES string of the molecule is COC1CC(NC(=O)NC(Cc2ccccc2)C(=O)O)C1. The van der Waals surface area contributed by atoms with Crippen LogP contribution in [0.15, 0.2) is 30.3 Å². The largest absolute Gasteiger partial charge is 0.480 e. The van der Waals surface area contributed by atoms with Crippen LogP contribution in [-0.4, -0.2) is 42.4 Å². The van der Waals surface area contributed by atoms with E-state index in [9.17, 15) is 14.7 Å². The number of carboxylic acids is 1. The number of benzene rings is 1. The summed E-state index contributed by atoms with van der Waals surface area (Å²) in [6.07, 6.45) is 1.98. The first-order chi connectivity index (χ1) is 10.1. The van der Waals surface area contributed by atoms with E-state index in [2.05, 4.69) is 10.6 Å². The monoisotopic (exact) mass is 292 g/mol. The Hall–Kier alpha value is -2.08. The van der Waals surface area contributed by atoms with E-state index in [1.165, 1.54) is 0 Å². The van der Waals surface area contributed by atoms with Gasteiger partial charge in [-0.05, 0) is 18.4 Å². The molecule has 1 unspecified atom stereocenters. The van der Waals surface area contributed by atoms with Crippen molar-refractivity contribution in [3.05, 3.63) is 35.9 Å². The number of amides is 2. The van der Waals surface area contributed by atoms with E-state index in [4.69, 9.17) is 4.74 Å². The molecule has 1 aromatic carbocycles. The number of hydrogen-bond donors (Lipinski definition) is 3. The molecule has 21 heavy (non-hydrogen) atoms.